The highest BCUT2D eigenvalue weighted by Gasteiger charge is 2.27. The van der Waals surface area contributed by atoms with Crippen LogP contribution in [0.5, 0.6) is 5.75 Å². The quantitative estimate of drug-likeness (QED) is 0.270. The molecule has 11 heteroatoms. The first-order valence-corrected chi connectivity index (χ1v) is 10.9. The van der Waals surface area contributed by atoms with Crippen molar-refractivity contribution in [3.05, 3.63) is 80.2 Å². The van der Waals surface area contributed by atoms with Crippen LogP contribution >= 0.6 is 11.3 Å². The summed E-state index contributed by atoms with van der Waals surface area (Å²) in [7, 11) is 1.19. The molecule has 34 heavy (non-hydrogen) atoms. The molecular weight excluding hydrogens is 462 g/mol. The number of rotatable bonds is 8. The molecule has 176 valence electrons. The summed E-state index contributed by atoms with van der Waals surface area (Å²) in [5.74, 6) is -1.23. The number of non-ortho nitro benzene ring substituents is 1. The van der Waals surface area contributed by atoms with Gasteiger partial charge < -0.3 is 20.1 Å². The van der Waals surface area contributed by atoms with Crippen LogP contribution in [0.2, 0.25) is 0 Å². The van der Waals surface area contributed by atoms with Crippen LogP contribution in [0.3, 0.4) is 0 Å². The molecule has 0 fully saturated rings. The number of nitro groups is 1. The average molecular weight is 484 g/mol. The van der Waals surface area contributed by atoms with Crippen molar-refractivity contribution in [1.29, 1.82) is 0 Å². The topological polar surface area (TPSA) is 137 Å². The number of hydrogen-bond acceptors (Lipinski definition) is 8. The van der Waals surface area contributed by atoms with E-state index in [0.717, 1.165) is 17.4 Å². The van der Waals surface area contributed by atoms with Gasteiger partial charge in [0.2, 0.25) is 0 Å². The minimum atomic E-state index is -0.733. The second kappa shape index (κ2) is 10.6. The molecule has 2 N–H and O–H groups in total. The van der Waals surface area contributed by atoms with Crippen LogP contribution in [0.15, 0.2) is 48.5 Å². The number of thiophene rings is 1. The van der Waals surface area contributed by atoms with Crippen LogP contribution in [0.1, 0.15) is 42.9 Å². The molecule has 1 aromatic heterocycles. The Morgan fingerprint density at radius 2 is 1.76 bits per heavy atom. The first-order valence-electron chi connectivity index (χ1n) is 10.1. The van der Waals surface area contributed by atoms with E-state index in [9.17, 15) is 24.5 Å². The van der Waals surface area contributed by atoms with Gasteiger partial charge in [-0.05, 0) is 49.7 Å². The minimum Gasteiger partial charge on any atom is -0.494 e. The number of anilines is 2. The van der Waals surface area contributed by atoms with Gasteiger partial charge in [0.25, 0.3) is 17.5 Å². The molecule has 0 bridgehead atoms. The number of nitro benzene ring substituents is 1. The first-order chi connectivity index (χ1) is 16.2. The van der Waals surface area contributed by atoms with Gasteiger partial charge >= 0.3 is 5.97 Å². The van der Waals surface area contributed by atoms with Crippen molar-refractivity contribution in [3.8, 4) is 5.75 Å². The molecule has 3 aromatic rings. The molecule has 1 heterocycles. The zero-order chi connectivity index (χ0) is 24.8. The van der Waals surface area contributed by atoms with Crippen molar-refractivity contribution >= 4 is 45.5 Å². The van der Waals surface area contributed by atoms with E-state index in [-0.39, 0.29) is 26.7 Å². The van der Waals surface area contributed by atoms with Gasteiger partial charge in [0.05, 0.1) is 29.1 Å². The van der Waals surface area contributed by atoms with Gasteiger partial charge in [-0.3, -0.25) is 19.7 Å². The predicted octanol–water partition coefficient (Wildman–Crippen LogP) is 4.65. The van der Waals surface area contributed by atoms with Crippen molar-refractivity contribution in [2.24, 2.45) is 0 Å². The summed E-state index contributed by atoms with van der Waals surface area (Å²) in [5, 5.41) is 16.4. The lowest BCUT2D eigenvalue weighted by Crippen LogP contribution is -2.14. The largest absolute Gasteiger partial charge is 0.494 e. The maximum absolute atomic E-state index is 12.9. The molecule has 0 aliphatic rings. The highest BCUT2D eigenvalue weighted by Crippen LogP contribution is 2.35. The second-order valence-corrected chi connectivity index (χ2v) is 7.95. The Morgan fingerprint density at radius 1 is 1.06 bits per heavy atom. The lowest BCUT2D eigenvalue weighted by Gasteiger charge is -2.07. The average Bonchev–Trinajstić information content (AvgIpc) is 3.15. The standard InChI is InChI=1S/C23H21N3O7S/c1-4-33-17-10-8-15(9-11-17)24-21(28)19-13(2)18(23(29)32-3)22(34-19)25-20(27)14-6-5-7-16(12-14)26(30)31/h5-12H,4H2,1-3H3,(H,24,28)(H,25,27). The number of amides is 2. The number of carbonyl (C=O) groups is 3. The van der Waals surface area contributed by atoms with Gasteiger partial charge in [0.1, 0.15) is 10.8 Å². The molecule has 0 unspecified atom stereocenters. The Balaban J connectivity index is 1.89. The van der Waals surface area contributed by atoms with Crippen LogP contribution in [0.25, 0.3) is 0 Å². The molecule has 2 amide bonds. The molecule has 0 saturated heterocycles. The number of hydrogen-bond donors (Lipinski definition) is 2. The van der Waals surface area contributed by atoms with Crippen molar-refractivity contribution in [1.82, 2.24) is 0 Å². The number of carbonyl (C=O) groups excluding carboxylic acids is 3. The number of benzene rings is 2. The first kappa shape index (κ1) is 24.4. The van der Waals surface area contributed by atoms with E-state index in [2.05, 4.69) is 10.6 Å². The lowest BCUT2D eigenvalue weighted by atomic mass is 10.1. The second-order valence-electron chi connectivity index (χ2n) is 6.92. The fourth-order valence-electron chi connectivity index (χ4n) is 3.09. The number of methoxy groups -OCH3 is 1. The van der Waals surface area contributed by atoms with Crippen LogP contribution < -0.4 is 15.4 Å². The smallest absolute Gasteiger partial charge is 0.341 e. The molecule has 3 rings (SSSR count). The lowest BCUT2D eigenvalue weighted by molar-refractivity contribution is -0.384. The molecule has 0 atom stereocenters. The van der Waals surface area contributed by atoms with Crippen LogP contribution in [-0.4, -0.2) is 36.4 Å². The van der Waals surface area contributed by atoms with E-state index in [4.69, 9.17) is 9.47 Å². The molecule has 0 radical (unpaired) electrons. The zero-order valence-electron chi connectivity index (χ0n) is 18.5. The van der Waals surface area contributed by atoms with E-state index in [0.29, 0.717) is 23.6 Å². The summed E-state index contributed by atoms with van der Waals surface area (Å²) in [6, 6.07) is 11.9. The van der Waals surface area contributed by atoms with Gasteiger partial charge in [-0.25, -0.2) is 4.79 Å². The molecule has 2 aromatic carbocycles. The molecule has 0 aliphatic carbocycles. The Kier molecular flexibility index (Phi) is 7.59. The van der Waals surface area contributed by atoms with E-state index >= 15 is 0 Å². The predicted molar refractivity (Wildman–Crippen MR) is 127 cm³/mol. The number of ether oxygens (including phenoxy) is 2. The fraction of sp³-hybridized carbons (Fsp3) is 0.174. The van der Waals surface area contributed by atoms with Crippen molar-refractivity contribution < 1.29 is 28.8 Å². The highest BCUT2D eigenvalue weighted by atomic mass is 32.1. The Labute approximate surface area is 198 Å². The maximum Gasteiger partial charge on any atom is 0.341 e. The van der Waals surface area contributed by atoms with Crippen molar-refractivity contribution in [2.45, 2.75) is 13.8 Å². The number of esters is 1. The van der Waals surface area contributed by atoms with Crippen molar-refractivity contribution in [2.75, 3.05) is 24.4 Å². The highest BCUT2D eigenvalue weighted by molar-refractivity contribution is 7.19. The molecule has 0 spiro atoms. The maximum atomic E-state index is 12.9. The summed E-state index contributed by atoms with van der Waals surface area (Å²) in [6.07, 6.45) is 0. The third-order valence-corrected chi connectivity index (χ3v) is 5.92. The van der Waals surface area contributed by atoms with Gasteiger partial charge in [-0.2, -0.15) is 0 Å². The van der Waals surface area contributed by atoms with Gasteiger partial charge in [-0.1, -0.05) is 6.07 Å². The monoisotopic (exact) mass is 483 g/mol. The summed E-state index contributed by atoms with van der Waals surface area (Å²) < 4.78 is 10.2. The molecule has 0 saturated carbocycles. The normalized spacial score (nSPS) is 10.3. The summed E-state index contributed by atoms with van der Waals surface area (Å²) in [4.78, 5) is 48.6. The summed E-state index contributed by atoms with van der Waals surface area (Å²) in [5.41, 5.74) is 0.649. The Hall–Kier alpha value is -4.25. The number of nitrogens with zero attached hydrogens (tertiary/aromatic N) is 1. The van der Waals surface area contributed by atoms with Gasteiger partial charge in [0.15, 0.2) is 0 Å². The number of nitrogens with one attached hydrogen (secondary N) is 2. The zero-order valence-corrected chi connectivity index (χ0v) is 19.4. The summed E-state index contributed by atoms with van der Waals surface area (Å²) in [6.45, 7) is 3.95. The minimum absolute atomic E-state index is 0.0245. The van der Waals surface area contributed by atoms with E-state index in [1.54, 1.807) is 31.2 Å². The van der Waals surface area contributed by atoms with E-state index in [1.807, 2.05) is 6.92 Å². The van der Waals surface area contributed by atoms with Crippen LogP contribution in [-0.2, 0) is 4.74 Å². The van der Waals surface area contributed by atoms with Crippen molar-refractivity contribution in [3.63, 3.8) is 0 Å². The van der Waals surface area contributed by atoms with E-state index in [1.165, 1.54) is 25.3 Å². The van der Waals surface area contributed by atoms with Gasteiger partial charge in [-0.15, -0.1) is 11.3 Å². The Bertz CT molecular complexity index is 1250. The van der Waals surface area contributed by atoms with E-state index < -0.39 is 22.7 Å². The van der Waals surface area contributed by atoms with Crippen LogP contribution in [0, 0.1) is 17.0 Å². The fourth-order valence-corrected chi connectivity index (χ4v) is 4.18. The Morgan fingerprint density at radius 3 is 2.38 bits per heavy atom. The third-order valence-electron chi connectivity index (χ3n) is 4.71. The van der Waals surface area contributed by atoms with Gasteiger partial charge in [0, 0.05) is 23.4 Å². The molecular formula is C23H21N3O7S. The third kappa shape index (κ3) is 5.38. The van der Waals surface area contributed by atoms with Crippen LogP contribution in [0.4, 0.5) is 16.4 Å². The molecule has 10 nitrogen and oxygen atoms in total. The summed E-state index contributed by atoms with van der Waals surface area (Å²) >= 11 is 0.899. The molecule has 0 aliphatic heterocycles. The SMILES string of the molecule is CCOc1ccc(NC(=O)c2sc(NC(=O)c3cccc([N+](=O)[O-])c3)c(C(=O)OC)c2C)cc1.